The van der Waals surface area contributed by atoms with Gasteiger partial charge in [0.25, 0.3) is 11.8 Å². The number of aromatic nitrogens is 2. The van der Waals surface area contributed by atoms with Crippen molar-refractivity contribution in [3.63, 3.8) is 0 Å². The Balaban J connectivity index is 0.848. The van der Waals surface area contributed by atoms with E-state index in [0.717, 1.165) is 36.4 Å². The highest BCUT2D eigenvalue weighted by Crippen LogP contribution is 2.39. The van der Waals surface area contributed by atoms with Crippen LogP contribution in [0.4, 0.5) is 28.8 Å². The topological polar surface area (TPSA) is 230 Å². The average Bonchev–Trinajstić information content (AvgIpc) is 3.56. The van der Waals surface area contributed by atoms with Crippen molar-refractivity contribution in [1.29, 1.82) is 0 Å². The molecular weight excluding hydrogens is 914 g/mol. The number of anilines is 5. The van der Waals surface area contributed by atoms with Crippen LogP contribution >= 0.6 is 11.6 Å². The number of hydrogen-bond acceptors (Lipinski definition) is 15. The number of sulfone groups is 1. The molecule has 4 heterocycles. The normalized spacial score (nSPS) is 16.8. The van der Waals surface area contributed by atoms with Crippen molar-refractivity contribution >= 4 is 79.8 Å². The van der Waals surface area contributed by atoms with Crippen LogP contribution in [-0.2, 0) is 29.0 Å². The molecule has 20 heteroatoms. The van der Waals surface area contributed by atoms with Gasteiger partial charge in [-0.2, -0.15) is 4.98 Å². The van der Waals surface area contributed by atoms with Gasteiger partial charge in [0.2, 0.25) is 23.7 Å². The summed E-state index contributed by atoms with van der Waals surface area (Å²) in [5.41, 5.74) is 4.12. The number of para-hydroxylation sites is 1. The maximum absolute atomic E-state index is 13.3. The number of piperidine rings is 2. The number of carbonyl (C=O) groups excluding carboxylic acids is 5. The second kappa shape index (κ2) is 21.9. The Labute approximate surface area is 401 Å². The molecular formula is C48H58ClN9O9S. The highest BCUT2D eigenvalue weighted by atomic mass is 35.5. The lowest BCUT2D eigenvalue weighted by molar-refractivity contribution is -0.136. The number of ether oxygens (including phenoxy) is 2. The summed E-state index contributed by atoms with van der Waals surface area (Å²) in [4.78, 5) is 75.6. The summed E-state index contributed by atoms with van der Waals surface area (Å²) in [7, 11) is -3.59. The molecule has 0 spiro atoms. The fraction of sp³-hybridized carbons (Fsp3) is 0.438. The molecule has 5 amide bonds. The quantitative estimate of drug-likeness (QED) is 0.0497. The fourth-order valence-electron chi connectivity index (χ4n) is 8.53. The molecule has 1 aromatic heterocycles. The Bertz CT molecular complexity index is 2670. The van der Waals surface area contributed by atoms with Gasteiger partial charge in [0, 0.05) is 38.2 Å². The molecule has 1 atom stereocenters. The monoisotopic (exact) mass is 971 g/mol. The van der Waals surface area contributed by atoms with E-state index in [1.54, 1.807) is 56.3 Å². The minimum Gasteiger partial charge on any atom is -0.489 e. The van der Waals surface area contributed by atoms with Crippen LogP contribution in [0, 0.1) is 6.92 Å². The van der Waals surface area contributed by atoms with Gasteiger partial charge in [-0.1, -0.05) is 29.8 Å². The van der Waals surface area contributed by atoms with E-state index >= 15 is 0 Å². The van der Waals surface area contributed by atoms with Gasteiger partial charge in [-0.15, -0.1) is 0 Å². The molecule has 2 saturated heterocycles. The first-order valence-corrected chi connectivity index (χ1v) is 24.8. The van der Waals surface area contributed by atoms with Gasteiger partial charge in [0.15, 0.2) is 15.7 Å². The Hall–Kier alpha value is -6.15. The third-order valence-corrected chi connectivity index (χ3v) is 14.6. The first kappa shape index (κ1) is 49.7. The van der Waals surface area contributed by atoms with E-state index in [4.69, 9.17) is 21.1 Å². The lowest BCUT2D eigenvalue weighted by Gasteiger charge is -2.33. The third-order valence-electron chi connectivity index (χ3n) is 12.1. The molecule has 4 aromatic rings. The summed E-state index contributed by atoms with van der Waals surface area (Å²) in [5, 5.41) is 14.3. The van der Waals surface area contributed by atoms with E-state index in [2.05, 4.69) is 54.4 Å². The minimum atomic E-state index is -3.59. The number of amides is 5. The van der Waals surface area contributed by atoms with Crippen molar-refractivity contribution in [3.05, 3.63) is 88.1 Å². The number of aryl methyl sites for hydroxylation is 1. The Kier molecular flexibility index (Phi) is 16.0. The van der Waals surface area contributed by atoms with Gasteiger partial charge in [-0.05, 0) is 120 Å². The molecule has 0 aliphatic carbocycles. The number of hydrogen-bond donors (Lipinski definition) is 5. The summed E-state index contributed by atoms with van der Waals surface area (Å²) in [5.74, 6) is -0.889. The van der Waals surface area contributed by atoms with Crippen molar-refractivity contribution in [2.75, 3.05) is 61.9 Å². The molecule has 68 heavy (non-hydrogen) atoms. The molecule has 3 aliphatic heterocycles. The summed E-state index contributed by atoms with van der Waals surface area (Å²) in [6.07, 6.45) is 3.64. The highest BCUT2D eigenvalue weighted by molar-refractivity contribution is 7.92. The van der Waals surface area contributed by atoms with E-state index in [9.17, 15) is 32.4 Å². The lowest BCUT2D eigenvalue weighted by atomic mass is 9.86. The predicted molar refractivity (Wildman–Crippen MR) is 258 cm³/mol. The Morgan fingerprint density at radius 1 is 0.912 bits per heavy atom. The largest absolute Gasteiger partial charge is 0.489 e. The van der Waals surface area contributed by atoms with E-state index in [1.165, 1.54) is 11.8 Å². The van der Waals surface area contributed by atoms with Crippen molar-refractivity contribution in [1.82, 2.24) is 30.4 Å². The van der Waals surface area contributed by atoms with E-state index in [-0.39, 0.29) is 70.9 Å². The first-order valence-electron chi connectivity index (χ1n) is 22.9. The number of carbonyl (C=O) groups is 5. The van der Waals surface area contributed by atoms with Gasteiger partial charge in [0.1, 0.15) is 16.8 Å². The molecule has 0 bridgehead atoms. The van der Waals surface area contributed by atoms with Gasteiger partial charge < -0.3 is 35.6 Å². The predicted octanol–water partition coefficient (Wildman–Crippen LogP) is 6.11. The number of rotatable bonds is 20. The van der Waals surface area contributed by atoms with Crippen molar-refractivity contribution in [2.24, 2.45) is 0 Å². The molecule has 0 radical (unpaired) electrons. The zero-order valence-electron chi connectivity index (χ0n) is 38.8. The van der Waals surface area contributed by atoms with Crippen LogP contribution < -0.4 is 31.3 Å². The zero-order valence-corrected chi connectivity index (χ0v) is 40.4. The standard InChI is InChI=1S/C48H58ClN9O9S/c1-28(2)67-39-26-33(30(5)25-37(39)54-48-52-27-34(49)44(56-48)53-35-10-6-7-12-40(35)68(64,65)29(3)4)31-15-20-57(21-16-31)22-17-41(59)51-19-24-66-23-18-50-36-11-8-9-32-43(36)47(63)58(46(32)62)38-13-14-42(60)55-45(38)61/h6-12,25-29,31,38,50H,13-24H2,1-5H3,(H,51,59)(H,55,60,61)(H2,52,53,54,56). The zero-order chi connectivity index (χ0) is 48.7. The average molecular weight is 973 g/mol. The van der Waals surface area contributed by atoms with Crippen LogP contribution in [0.15, 0.2) is 65.7 Å². The third kappa shape index (κ3) is 11.6. The van der Waals surface area contributed by atoms with Gasteiger partial charge in [-0.25, -0.2) is 13.4 Å². The van der Waals surface area contributed by atoms with Crippen molar-refractivity contribution < 1.29 is 41.9 Å². The van der Waals surface area contributed by atoms with Crippen molar-refractivity contribution in [2.45, 2.75) is 94.9 Å². The Morgan fingerprint density at radius 2 is 1.65 bits per heavy atom. The molecule has 5 N–H and O–H groups in total. The molecule has 2 fully saturated rings. The summed E-state index contributed by atoms with van der Waals surface area (Å²) >= 11 is 6.50. The van der Waals surface area contributed by atoms with E-state index in [0.29, 0.717) is 54.8 Å². The smallest absolute Gasteiger partial charge is 0.264 e. The Morgan fingerprint density at radius 3 is 2.38 bits per heavy atom. The SMILES string of the molecule is Cc1cc(Nc2ncc(Cl)c(Nc3ccccc3S(=O)(=O)C(C)C)n2)c(OC(C)C)cc1C1CCN(CCC(=O)NCCOCCNc2cccc3c2C(=O)N(C2CCC(=O)NC2=O)C3=O)CC1. The van der Waals surface area contributed by atoms with Gasteiger partial charge in [0.05, 0.1) is 58.2 Å². The minimum absolute atomic E-state index is 0.0445. The molecule has 0 saturated carbocycles. The van der Waals surface area contributed by atoms with Crippen LogP contribution in [0.25, 0.3) is 0 Å². The second-order valence-corrected chi connectivity index (χ2v) is 20.4. The van der Waals surface area contributed by atoms with Crippen LogP contribution in [-0.4, -0.2) is 121 Å². The lowest BCUT2D eigenvalue weighted by Crippen LogP contribution is -2.54. The first-order chi connectivity index (χ1) is 32.5. The van der Waals surface area contributed by atoms with E-state index in [1.807, 2.05) is 19.9 Å². The number of benzene rings is 3. The fourth-order valence-corrected chi connectivity index (χ4v) is 9.87. The molecule has 3 aromatic carbocycles. The summed E-state index contributed by atoms with van der Waals surface area (Å²) in [6, 6.07) is 14.6. The number of imide groups is 2. The maximum Gasteiger partial charge on any atom is 0.264 e. The van der Waals surface area contributed by atoms with Crippen LogP contribution in [0.2, 0.25) is 5.02 Å². The molecule has 1 unspecified atom stereocenters. The number of halogens is 1. The van der Waals surface area contributed by atoms with E-state index < -0.39 is 44.8 Å². The van der Waals surface area contributed by atoms with Gasteiger partial charge >= 0.3 is 0 Å². The summed E-state index contributed by atoms with van der Waals surface area (Å²) in [6.45, 7) is 12.8. The van der Waals surface area contributed by atoms with Gasteiger partial charge in [-0.3, -0.25) is 34.2 Å². The molecule has 362 valence electrons. The van der Waals surface area contributed by atoms with Crippen LogP contribution in [0.5, 0.6) is 5.75 Å². The molecule has 18 nitrogen and oxygen atoms in total. The summed E-state index contributed by atoms with van der Waals surface area (Å²) < 4.78 is 38.2. The second-order valence-electron chi connectivity index (χ2n) is 17.5. The number of nitrogens with zero attached hydrogens (tertiary/aromatic N) is 4. The van der Waals surface area contributed by atoms with Crippen LogP contribution in [0.1, 0.15) is 97.6 Å². The molecule has 7 rings (SSSR count). The van der Waals surface area contributed by atoms with Crippen molar-refractivity contribution in [3.8, 4) is 5.75 Å². The number of nitrogens with one attached hydrogen (secondary N) is 5. The number of likely N-dealkylation sites (tertiary alicyclic amines) is 1. The number of fused-ring (bicyclic) bond motifs is 1. The van der Waals surface area contributed by atoms with Crippen LogP contribution in [0.3, 0.4) is 0 Å². The molecule has 3 aliphatic rings. The maximum atomic E-state index is 13.3. The highest BCUT2D eigenvalue weighted by Gasteiger charge is 2.45.